The largest absolute Gasteiger partial charge is 0.378 e. The maximum Gasteiger partial charge on any atom is 0.273 e. The first-order valence-electron chi connectivity index (χ1n) is 8.09. The van der Waals surface area contributed by atoms with Crippen LogP contribution in [0.4, 0.5) is 0 Å². The van der Waals surface area contributed by atoms with E-state index in [1.807, 2.05) is 0 Å². The summed E-state index contributed by atoms with van der Waals surface area (Å²) >= 11 is 12.2. The van der Waals surface area contributed by atoms with E-state index in [-0.39, 0.29) is 5.91 Å². The summed E-state index contributed by atoms with van der Waals surface area (Å²) in [5.74, 6) is 0.220. The molecule has 4 rings (SSSR count). The normalized spacial score (nSPS) is 14.6. The number of morpholine rings is 1. The summed E-state index contributed by atoms with van der Waals surface area (Å²) in [7, 11) is 0. The Balaban J connectivity index is 1.88. The lowest BCUT2D eigenvalue weighted by molar-refractivity contribution is 0.0300. The minimum Gasteiger partial charge on any atom is -0.378 e. The van der Waals surface area contributed by atoms with Gasteiger partial charge in [-0.25, -0.2) is 15.0 Å². The van der Waals surface area contributed by atoms with Gasteiger partial charge in [0.25, 0.3) is 5.91 Å². The average Bonchev–Trinajstić information content (AvgIpc) is 2.68. The third-order valence-electron chi connectivity index (χ3n) is 4.16. The van der Waals surface area contributed by atoms with Crippen LogP contribution >= 0.6 is 23.2 Å². The molecule has 0 radical (unpaired) electrons. The van der Waals surface area contributed by atoms with Crippen LogP contribution in [-0.2, 0) is 4.74 Å². The summed E-state index contributed by atoms with van der Waals surface area (Å²) < 4.78 is 5.33. The maximum absolute atomic E-state index is 13.1. The van der Waals surface area contributed by atoms with E-state index in [4.69, 9.17) is 27.9 Å². The number of nitrogens with zero attached hydrogens (tertiary/aromatic N) is 4. The van der Waals surface area contributed by atoms with Crippen molar-refractivity contribution in [2.45, 2.75) is 0 Å². The van der Waals surface area contributed by atoms with E-state index in [2.05, 4.69) is 15.0 Å². The number of amides is 1. The Labute approximate surface area is 159 Å². The number of halogens is 2. The highest BCUT2D eigenvalue weighted by atomic mass is 35.5. The summed E-state index contributed by atoms with van der Waals surface area (Å²) in [5.41, 5.74) is 1.52. The molecule has 1 saturated heterocycles. The Kier molecular flexibility index (Phi) is 4.72. The quantitative estimate of drug-likeness (QED) is 0.628. The number of aromatic nitrogens is 3. The summed E-state index contributed by atoms with van der Waals surface area (Å²) in [5, 5.41) is 1.46. The van der Waals surface area contributed by atoms with Crippen molar-refractivity contribution in [3.05, 3.63) is 52.4 Å². The summed E-state index contributed by atoms with van der Waals surface area (Å²) in [4.78, 5) is 27.9. The highest BCUT2D eigenvalue weighted by Gasteiger charge is 2.24. The standard InChI is InChI=1S/C18H14Cl2N4O2/c19-13-3-1-2-12-15(13)22-17(11-4-5-14(20)21-10-11)23-16(12)18(25)24-6-8-26-9-7-24/h1-5,10H,6-9H2. The third kappa shape index (κ3) is 3.23. The molecule has 1 fully saturated rings. The topological polar surface area (TPSA) is 68.2 Å². The van der Waals surface area contributed by atoms with E-state index in [0.29, 0.717) is 64.5 Å². The summed E-state index contributed by atoms with van der Waals surface area (Å²) in [6.45, 7) is 2.10. The van der Waals surface area contributed by atoms with Gasteiger partial charge in [0.15, 0.2) is 5.82 Å². The molecule has 0 spiro atoms. The maximum atomic E-state index is 13.1. The molecule has 0 atom stereocenters. The third-order valence-corrected chi connectivity index (χ3v) is 4.69. The second kappa shape index (κ2) is 7.15. The number of carbonyl (C=O) groups is 1. The van der Waals surface area contributed by atoms with Crippen molar-refractivity contribution in [1.29, 1.82) is 0 Å². The molecule has 3 heterocycles. The van der Waals surface area contributed by atoms with E-state index in [0.717, 1.165) is 0 Å². The number of para-hydroxylation sites is 1. The Morgan fingerprint density at radius 1 is 1.08 bits per heavy atom. The first-order chi connectivity index (χ1) is 12.6. The molecule has 0 saturated carbocycles. The van der Waals surface area contributed by atoms with Gasteiger partial charge in [0.05, 0.1) is 23.8 Å². The van der Waals surface area contributed by atoms with Crippen molar-refractivity contribution in [3.63, 3.8) is 0 Å². The van der Waals surface area contributed by atoms with Crippen LogP contribution in [0.25, 0.3) is 22.3 Å². The highest BCUT2D eigenvalue weighted by Crippen LogP contribution is 2.27. The fourth-order valence-electron chi connectivity index (χ4n) is 2.83. The first-order valence-corrected chi connectivity index (χ1v) is 8.84. The Hall–Kier alpha value is -2.28. The van der Waals surface area contributed by atoms with Crippen LogP contribution in [0.3, 0.4) is 0 Å². The predicted molar refractivity (Wildman–Crippen MR) is 99.5 cm³/mol. The van der Waals surface area contributed by atoms with Crippen molar-refractivity contribution in [1.82, 2.24) is 19.9 Å². The zero-order chi connectivity index (χ0) is 18.1. The van der Waals surface area contributed by atoms with Gasteiger partial charge in [-0.05, 0) is 18.2 Å². The molecule has 0 unspecified atom stereocenters. The molecular formula is C18H14Cl2N4O2. The number of benzene rings is 1. The minimum atomic E-state index is -0.161. The first kappa shape index (κ1) is 17.1. The Bertz CT molecular complexity index is 973. The van der Waals surface area contributed by atoms with Gasteiger partial charge in [-0.3, -0.25) is 4.79 Å². The van der Waals surface area contributed by atoms with Gasteiger partial charge in [-0.2, -0.15) is 0 Å². The van der Waals surface area contributed by atoms with Crippen molar-refractivity contribution < 1.29 is 9.53 Å². The molecule has 6 nitrogen and oxygen atoms in total. The van der Waals surface area contributed by atoms with Gasteiger partial charge in [0.1, 0.15) is 10.8 Å². The lowest BCUT2D eigenvalue weighted by Crippen LogP contribution is -2.41. The van der Waals surface area contributed by atoms with E-state index in [1.54, 1.807) is 41.4 Å². The molecule has 132 valence electrons. The molecule has 3 aromatic rings. The van der Waals surface area contributed by atoms with Gasteiger partial charge >= 0.3 is 0 Å². The average molecular weight is 389 g/mol. The summed E-state index contributed by atoms with van der Waals surface area (Å²) in [6.07, 6.45) is 1.57. The number of hydrogen-bond acceptors (Lipinski definition) is 5. The molecule has 1 aliphatic rings. The van der Waals surface area contributed by atoms with Gasteiger partial charge < -0.3 is 9.64 Å². The number of fused-ring (bicyclic) bond motifs is 1. The second-order valence-electron chi connectivity index (χ2n) is 5.81. The SMILES string of the molecule is O=C(c1nc(-c2ccc(Cl)nc2)nc2c(Cl)cccc12)N1CCOCC1. The molecule has 0 bridgehead atoms. The van der Waals surface area contributed by atoms with Crippen LogP contribution in [0.5, 0.6) is 0 Å². The predicted octanol–water partition coefficient (Wildman–Crippen LogP) is 3.47. The van der Waals surface area contributed by atoms with Gasteiger partial charge in [0.2, 0.25) is 0 Å². The molecule has 8 heteroatoms. The van der Waals surface area contributed by atoms with Gasteiger partial charge in [-0.1, -0.05) is 35.3 Å². The van der Waals surface area contributed by atoms with E-state index < -0.39 is 0 Å². The molecule has 2 aromatic heterocycles. The summed E-state index contributed by atoms with van der Waals surface area (Å²) in [6, 6.07) is 8.74. The van der Waals surface area contributed by atoms with Crippen LogP contribution in [-0.4, -0.2) is 52.1 Å². The minimum absolute atomic E-state index is 0.161. The van der Waals surface area contributed by atoms with Crippen LogP contribution in [0.1, 0.15) is 10.5 Å². The Morgan fingerprint density at radius 2 is 1.88 bits per heavy atom. The molecule has 26 heavy (non-hydrogen) atoms. The lowest BCUT2D eigenvalue weighted by atomic mass is 10.1. The Morgan fingerprint density at radius 3 is 2.62 bits per heavy atom. The van der Waals surface area contributed by atoms with E-state index >= 15 is 0 Å². The molecule has 0 aliphatic carbocycles. The van der Waals surface area contributed by atoms with Gasteiger partial charge in [0, 0.05) is 30.2 Å². The number of carbonyl (C=O) groups excluding carboxylic acids is 1. The van der Waals surface area contributed by atoms with Crippen LogP contribution in [0.2, 0.25) is 10.2 Å². The smallest absolute Gasteiger partial charge is 0.273 e. The lowest BCUT2D eigenvalue weighted by Gasteiger charge is -2.27. The monoisotopic (exact) mass is 388 g/mol. The van der Waals surface area contributed by atoms with E-state index in [1.165, 1.54) is 0 Å². The van der Waals surface area contributed by atoms with Crippen LogP contribution in [0, 0.1) is 0 Å². The number of ether oxygens (including phenoxy) is 1. The molecular weight excluding hydrogens is 375 g/mol. The molecule has 1 aliphatic heterocycles. The van der Waals surface area contributed by atoms with Crippen LogP contribution in [0.15, 0.2) is 36.5 Å². The number of rotatable bonds is 2. The van der Waals surface area contributed by atoms with Crippen molar-refractivity contribution in [3.8, 4) is 11.4 Å². The number of pyridine rings is 1. The molecule has 1 aromatic carbocycles. The second-order valence-corrected chi connectivity index (χ2v) is 6.60. The van der Waals surface area contributed by atoms with E-state index in [9.17, 15) is 4.79 Å². The zero-order valence-corrected chi connectivity index (χ0v) is 15.2. The van der Waals surface area contributed by atoms with Crippen molar-refractivity contribution >= 4 is 40.0 Å². The fraction of sp³-hybridized carbons (Fsp3) is 0.222. The van der Waals surface area contributed by atoms with Gasteiger partial charge in [-0.15, -0.1) is 0 Å². The molecule has 0 N–H and O–H groups in total. The van der Waals surface area contributed by atoms with Crippen molar-refractivity contribution in [2.75, 3.05) is 26.3 Å². The fourth-order valence-corrected chi connectivity index (χ4v) is 3.16. The van der Waals surface area contributed by atoms with Crippen LogP contribution < -0.4 is 0 Å². The number of hydrogen-bond donors (Lipinski definition) is 0. The zero-order valence-electron chi connectivity index (χ0n) is 13.7. The van der Waals surface area contributed by atoms with Crippen molar-refractivity contribution in [2.24, 2.45) is 0 Å². The highest BCUT2D eigenvalue weighted by molar-refractivity contribution is 6.35. The molecule has 1 amide bonds.